The van der Waals surface area contributed by atoms with Gasteiger partial charge in [-0.15, -0.1) is 5.10 Å². The van der Waals surface area contributed by atoms with E-state index in [1.807, 2.05) is 48.5 Å². The van der Waals surface area contributed by atoms with Crippen LogP contribution in [0.15, 0.2) is 70.1 Å². The Hall–Kier alpha value is -4.19. The van der Waals surface area contributed by atoms with Crippen molar-refractivity contribution in [1.82, 2.24) is 30.1 Å². The van der Waals surface area contributed by atoms with Gasteiger partial charge in [-0.25, -0.2) is 4.68 Å². The molecule has 39 heavy (non-hydrogen) atoms. The van der Waals surface area contributed by atoms with Crippen LogP contribution in [0.3, 0.4) is 0 Å². The Morgan fingerprint density at radius 2 is 1.95 bits per heavy atom. The second-order valence-corrected chi connectivity index (χ2v) is 9.55. The second-order valence-electron chi connectivity index (χ2n) is 9.11. The molecular weight excluding hydrogens is 524 g/mol. The minimum Gasteiger partial charge on any atom is -0.468 e. The maximum absolute atomic E-state index is 13.7. The first-order chi connectivity index (χ1) is 19.1. The van der Waals surface area contributed by atoms with Gasteiger partial charge in [0, 0.05) is 35.7 Å². The average molecular weight is 549 g/mol. The Kier molecular flexibility index (Phi) is 7.01. The normalized spacial score (nSPS) is 13.4. The molecule has 1 unspecified atom stereocenters. The van der Waals surface area contributed by atoms with E-state index in [-0.39, 0.29) is 12.4 Å². The van der Waals surface area contributed by atoms with Crippen LogP contribution in [-0.4, -0.2) is 50.6 Å². The molecule has 0 amide bonds. The summed E-state index contributed by atoms with van der Waals surface area (Å²) in [5, 5.41) is 14.0. The van der Waals surface area contributed by atoms with Crippen LogP contribution < -0.4 is 15.0 Å². The molecule has 1 aliphatic rings. The van der Waals surface area contributed by atoms with Gasteiger partial charge in [-0.1, -0.05) is 23.7 Å². The molecule has 0 spiro atoms. The third-order valence-electron chi connectivity index (χ3n) is 6.58. The number of hydrogen-bond acceptors (Lipinski definition) is 9. The van der Waals surface area contributed by atoms with E-state index < -0.39 is 6.04 Å². The van der Waals surface area contributed by atoms with Crippen molar-refractivity contribution < 1.29 is 18.6 Å². The first-order valence-electron chi connectivity index (χ1n) is 12.3. The molecule has 4 heterocycles. The average Bonchev–Trinajstić information content (AvgIpc) is 3.71. The van der Waals surface area contributed by atoms with E-state index in [4.69, 9.17) is 30.2 Å². The molecule has 0 saturated heterocycles. The number of fused-ring (bicyclic) bond motifs is 2. The molecule has 1 aliphatic heterocycles. The SMILES string of the molecule is COCCn1nnnc1C(c1cc2cc3c(cc2[nH]c1=O)OCO3)N(Cc1ccc(Cl)cc1)Cc1ccco1. The van der Waals surface area contributed by atoms with E-state index in [2.05, 4.69) is 25.4 Å². The third kappa shape index (κ3) is 5.24. The van der Waals surface area contributed by atoms with E-state index in [0.717, 1.165) is 16.7 Å². The van der Waals surface area contributed by atoms with Crippen molar-refractivity contribution in [3.8, 4) is 11.5 Å². The van der Waals surface area contributed by atoms with Crippen LogP contribution in [0.1, 0.15) is 28.8 Å². The van der Waals surface area contributed by atoms with Crippen LogP contribution in [0, 0.1) is 0 Å². The Balaban J connectivity index is 1.51. The standard InChI is InChI=1S/C27H25ClN6O5/c1-36-10-8-34-26(30-31-32-34)25(21-11-18-12-23-24(39-16-38-23)13-22(18)29-27(21)35)33(15-20-3-2-9-37-20)14-17-4-6-19(28)7-5-17/h2-7,9,11-13,25H,8,10,14-16H2,1H3,(H,29,35). The van der Waals surface area contributed by atoms with E-state index in [0.29, 0.717) is 59.7 Å². The molecule has 3 aromatic heterocycles. The van der Waals surface area contributed by atoms with E-state index in [1.54, 1.807) is 24.1 Å². The second kappa shape index (κ2) is 10.9. The third-order valence-corrected chi connectivity index (χ3v) is 6.83. The summed E-state index contributed by atoms with van der Waals surface area (Å²) in [5.41, 5.74) is 1.83. The molecule has 2 aromatic carbocycles. The molecule has 0 fully saturated rings. The van der Waals surface area contributed by atoms with Gasteiger partial charge in [-0.05, 0) is 52.4 Å². The first-order valence-corrected chi connectivity index (χ1v) is 12.7. The lowest BCUT2D eigenvalue weighted by atomic mass is 10.0. The monoisotopic (exact) mass is 548 g/mol. The van der Waals surface area contributed by atoms with Crippen molar-refractivity contribution in [3.63, 3.8) is 0 Å². The van der Waals surface area contributed by atoms with Gasteiger partial charge in [0.25, 0.3) is 5.56 Å². The quantitative estimate of drug-likeness (QED) is 0.277. The smallest absolute Gasteiger partial charge is 0.253 e. The minimum absolute atomic E-state index is 0.137. The van der Waals surface area contributed by atoms with Crippen LogP contribution in [-0.2, 0) is 24.4 Å². The van der Waals surface area contributed by atoms with Crippen LogP contribution in [0.4, 0.5) is 0 Å². The van der Waals surface area contributed by atoms with Crippen molar-refractivity contribution >= 4 is 22.5 Å². The number of ether oxygens (including phenoxy) is 3. The van der Waals surface area contributed by atoms with Crippen LogP contribution in [0.25, 0.3) is 10.9 Å². The maximum Gasteiger partial charge on any atom is 0.253 e. The number of pyridine rings is 1. The number of aromatic amines is 1. The number of aromatic nitrogens is 5. The highest BCUT2D eigenvalue weighted by atomic mass is 35.5. The molecule has 1 N–H and O–H groups in total. The summed E-state index contributed by atoms with van der Waals surface area (Å²) in [5.74, 6) is 2.44. The van der Waals surface area contributed by atoms with Crippen LogP contribution in [0.5, 0.6) is 11.5 Å². The van der Waals surface area contributed by atoms with E-state index in [1.165, 1.54) is 0 Å². The number of nitrogens with one attached hydrogen (secondary N) is 1. The number of tetrazole rings is 1. The molecule has 6 rings (SSSR count). The molecule has 11 nitrogen and oxygen atoms in total. The maximum atomic E-state index is 13.7. The molecule has 1 atom stereocenters. The number of methoxy groups -OCH3 is 1. The van der Waals surface area contributed by atoms with Crippen molar-refractivity contribution in [2.45, 2.75) is 25.7 Å². The molecule has 12 heteroatoms. The summed E-state index contributed by atoms with van der Waals surface area (Å²) in [4.78, 5) is 18.8. The topological polar surface area (TPSA) is 121 Å². The Morgan fingerprint density at radius 1 is 1.13 bits per heavy atom. The summed E-state index contributed by atoms with van der Waals surface area (Å²) in [6.07, 6.45) is 1.62. The van der Waals surface area contributed by atoms with E-state index >= 15 is 0 Å². The number of rotatable bonds is 10. The Labute approximate surface area is 227 Å². The largest absolute Gasteiger partial charge is 0.468 e. The summed E-state index contributed by atoms with van der Waals surface area (Å²) < 4.78 is 23.7. The number of nitrogens with zero attached hydrogens (tertiary/aromatic N) is 5. The molecular formula is C27H25ClN6O5. The lowest BCUT2D eigenvalue weighted by Gasteiger charge is -2.30. The number of halogens is 1. The van der Waals surface area contributed by atoms with Gasteiger partial charge in [0.15, 0.2) is 17.3 Å². The van der Waals surface area contributed by atoms with Crippen LogP contribution >= 0.6 is 11.6 Å². The predicted octanol–water partition coefficient (Wildman–Crippen LogP) is 3.93. The minimum atomic E-state index is -0.642. The van der Waals surface area contributed by atoms with Gasteiger partial charge < -0.3 is 23.6 Å². The van der Waals surface area contributed by atoms with Crippen molar-refractivity contribution in [2.75, 3.05) is 20.5 Å². The van der Waals surface area contributed by atoms with Gasteiger partial charge in [0.2, 0.25) is 6.79 Å². The number of furan rings is 1. The summed E-state index contributed by atoms with van der Waals surface area (Å²) >= 11 is 6.15. The number of benzene rings is 2. The fraction of sp³-hybridized carbons (Fsp3) is 0.259. The molecule has 0 saturated carbocycles. The van der Waals surface area contributed by atoms with Gasteiger partial charge in [0.05, 0.1) is 31.5 Å². The van der Waals surface area contributed by atoms with Gasteiger partial charge in [0.1, 0.15) is 11.8 Å². The number of hydrogen-bond donors (Lipinski definition) is 1. The van der Waals surface area contributed by atoms with Crippen molar-refractivity contribution in [2.24, 2.45) is 0 Å². The van der Waals surface area contributed by atoms with Crippen molar-refractivity contribution in [3.05, 3.63) is 98.9 Å². The lowest BCUT2D eigenvalue weighted by Crippen LogP contribution is -2.35. The van der Waals surface area contributed by atoms with Crippen molar-refractivity contribution in [1.29, 1.82) is 0 Å². The Morgan fingerprint density at radius 3 is 2.72 bits per heavy atom. The highest BCUT2D eigenvalue weighted by Gasteiger charge is 2.32. The highest BCUT2D eigenvalue weighted by molar-refractivity contribution is 6.30. The molecule has 200 valence electrons. The zero-order chi connectivity index (χ0) is 26.8. The fourth-order valence-electron chi connectivity index (χ4n) is 4.73. The predicted molar refractivity (Wildman–Crippen MR) is 142 cm³/mol. The molecule has 0 aliphatic carbocycles. The first kappa shape index (κ1) is 25.1. The van der Waals surface area contributed by atoms with E-state index in [9.17, 15) is 4.79 Å². The van der Waals surface area contributed by atoms with Gasteiger partial charge in [-0.2, -0.15) is 0 Å². The Bertz CT molecular complexity index is 1630. The zero-order valence-corrected chi connectivity index (χ0v) is 21.8. The van der Waals surface area contributed by atoms with Gasteiger partial charge in [-0.3, -0.25) is 9.69 Å². The summed E-state index contributed by atoms with van der Waals surface area (Å²) in [6.45, 7) is 1.79. The zero-order valence-electron chi connectivity index (χ0n) is 21.0. The summed E-state index contributed by atoms with van der Waals surface area (Å²) in [7, 11) is 1.61. The highest BCUT2D eigenvalue weighted by Crippen LogP contribution is 2.37. The fourth-order valence-corrected chi connectivity index (χ4v) is 4.85. The van der Waals surface area contributed by atoms with Crippen LogP contribution in [0.2, 0.25) is 5.02 Å². The lowest BCUT2D eigenvalue weighted by molar-refractivity contribution is 0.163. The van der Waals surface area contributed by atoms with Gasteiger partial charge >= 0.3 is 0 Å². The summed E-state index contributed by atoms with van der Waals surface area (Å²) in [6, 6.07) is 16.2. The molecule has 5 aromatic rings. The number of H-pyrrole nitrogens is 1. The molecule has 0 bridgehead atoms. The molecule has 0 radical (unpaired) electrons.